The number of rotatable bonds is 5. The van der Waals surface area contributed by atoms with E-state index in [2.05, 4.69) is 31.2 Å². The number of nitrogens with one attached hydrogen (secondary N) is 1. The molecule has 3 aromatic rings. The fourth-order valence-corrected chi connectivity index (χ4v) is 2.35. The molecule has 0 fully saturated rings. The van der Waals surface area contributed by atoms with E-state index in [1.165, 1.54) is 6.33 Å². The molecular weight excluding hydrogens is 388 g/mol. The summed E-state index contributed by atoms with van der Waals surface area (Å²) in [7, 11) is 0. The zero-order chi connectivity index (χ0) is 17.8. The van der Waals surface area contributed by atoms with Crippen LogP contribution in [0.25, 0.3) is 0 Å². The van der Waals surface area contributed by atoms with Gasteiger partial charge in [-0.25, -0.2) is 4.98 Å². The second-order valence-corrected chi connectivity index (χ2v) is 6.10. The molecule has 1 aromatic heterocycles. The van der Waals surface area contributed by atoms with Crippen LogP contribution in [0.2, 0.25) is 0 Å². The van der Waals surface area contributed by atoms with Crippen LogP contribution in [0.3, 0.4) is 0 Å². The van der Waals surface area contributed by atoms with E-state index in [4.69, 9.17) is 4.74 Å². The van der Waals surface area contributed by atoms with Gasteiger partial charge in [-0.3, -0.25) is 10.1 Å². The van der Waals surface area contributed by atoms with Crippen molar-refractivity contribution in [1.82, 2.24) is 9.97 Å². The summed E-state index contributed by atoms with van der Waals surface area (Å²) in [5.74, 6) is 0.398. The van der Waals surface area contributed by atoms with Crippen LogP contribution >= 0.6 is 15.9 Å². The van der Waals surface area contributed by atoms with E-state index in [0.717, 1.165) is 10.0 Å². The molecule has 0 unspecified atom stereocenters. The predicted octanol–water partition coefficient (Wildman–Crippen LogP) is 4.99. The van der Waals surface area contributed by atoms with E-state index in [0.29, 0.717) is 11.4 Å². The van der Waals surface area contributed by atoms with Gasteiger partial charge in [0.1, 0.15) is 12.1 Å². The zero-order valence-corrected chi connectivity index (χ0v) is 14.7. The highest BCUT2D eigenvalue weighted by Crippen LogP contribution is 2.35. The van der Waals surface area contributed by atoms with Gasteiger partial charge in [-0.2, -0.15) is 4.98 Å². The highest BCUT2D eigenvalue weighted by atomic mass is 79.9. The zero-order valence-electron chi connectivity index (χ0n) is 13.1. The molecule has 0 saturated carbocycles. The summed E-state index contributed by atoms with van der Waals surface area (Å²) < 4.78 is 6.48. The van der Waals surface area contributed by atoms with Crippen molar-refractivity contribution in [3.8, 4) is 11.6 Å². The standard InChI is InChI=1S/C17H13BrN4O3/c1-11-2-8-14(9-3-11)25-17-15(22(23)24)16(19-10-20-17)21-13-6-4-12(18)5-7-13/h2-10H,1H3,(H,19,20,21). The van der Waals surface area contributed by atoms with Crippen molar-refractivity contribution in [3.63, 3.8) is 0 Å². The molecule has 1 N–H and O–H groups in total. The maximum absolute atomic E-state index is 11.5. The summed E-state index contributed by atoms with van der Waals surface area (Å²) in [5.41, 5.74) is 1.39. The number of halogens is 1. The van der Waals surface area contributed by atoms with E-state index in [-0.39, 0.29) is 17.4 Å². The lowest BCUT2D eigenvalue weighted by Crippen LogP contribution is -2.03. The Balaban J connectivity index is 1.94. The average molecular weight is 401 g/mol. The molecule has 3 rings (SSSR count). The molecule has 0 saturated heterocycles. The van der Waals surface area contributed by atoms with Crippen LogP contribution in [-0.2, 0) is 0 Å². The highest BCUT2D eigenvalue weighted by molar-refractivity contribution is 9.10. The summed E-state index contributed by atoms with van der Waals surface area (Å²) in [4.78, 5) is 18.9. The molecule has 126 valence electrons. The Morgan fingerprint density at radius 1 is 1.08 bits per heavy atom. The third-order valence-corrected chi connectivity index (χ3v) is 3.84. The maximum atomic E-state index is 11.5. The number of nitro groups is 1. The van der Waals surface area contributed by atoms with Crippen molar-refractivity contribution >= 4 is 33.1 Å². The smallest absolute Gasteiger partial charge is 0.373 e. The molecule has 0 aliphatic rings. The first-order chi connectivity index (χ1) is 12.0. The van der Waals surface area contributed by atoms with E-state index in [1.54, 1.807) is 24.3 Å². The van der Waals surface area contributed by atoms with Gasteiger partial charge in [0, 0.05) is 10.2 Å². The molecule has 2 aromatic carbocycles. The van der Waals surface area contributed by atoms with Gasteiger partial charge in [0.05, 0.1) is 4.92 Å². The summed E-state index contributed by atoms with van der Waals surface area (Å²) in [6.07, 6.45) is 1.22. The van der Waals surface area contributed by atoms with Gasteiger partial charge in [0.2, 0.25) is 5.82 Å². The Kier molecular flexibility index (Phi) is 4.90. The van der Waals surface area contributed by atoms with Crippen molar-refractivity contribution in [2.45, 2.75) is 6.92 Å². The quantitative estimate of drug-likeness (QED) is 0.479. The number of hydrogen-bond donors (Lipinski definition) is 1. The topological polar surface area (TPSA) is 90.2 Å². The van der Waals surface area contributed by atoms with Crippen LogP contribution in [0.4, 0.5) is 17.2 Å². The predicted molar refractivity (Wildman–Crippen MR) is 97.4 cm³/mol. The number of benzene rings is 2. The van der Waals surface area contributed by atoms with E-state index in [1.807, 2.05) is 31.2 Å². The lowest BCUT2D eigenvalue weighted by molar-refractivity contribution is -0.385. The Hall–Kier alpha value is -3.00. The van der Waals surface area contributed by atoms with Crippen LogP contribution in [0.15, 0.2) is 59.3 Å². The summed E-state index contributed by atoms with van der Waals surface area (Å²) in [5, 5.41) is 14.5. The van der Waals surface area contributed by atoms with Gasteiger partial charge < -0.3 is 10.1 Å². The van der Waals surface area contributed by atoms with E-state index in [9.17, 15) is 10.1 Å². The van der Waals surface area contributed by atoms with Gasteiger partial charge in [0.25, 0.3) is 0 Å². The van der Waals surface area contributed by atoms with Crippen molar-refractivity contribution in [3.05, 3.63) is 75.0 Å². The number of ether oxygens (including phenoxy) is 1. The fraction of sp³-hybridized carbons (Fsp3) is 0.0588. The largest absolute Gasteiger partial charge is 0.434 e. The molecule has 1 heterocycles. The van der Waals surface area contributed by atoms with Gasteiger partial charge in [-0.05, 0) is 43.3 Å². The highest BCUT2D eigenvalue weighted by Gasteiger charge is 2.25. The molecule has 0 atom stereocenters. The number of aryl methyl sites for hydroxylation is 1. The molecule has 0 radical (unpaired) electrons. The number of anilines is 2. The normalized spacial score (nSPS) is 10.3. The molecule has 0 aliphatic heterocycles. The number of hydrogen-bond acceptors (Lipinski definition) is 6. The Morgan fingerprint density at radius 3 is 2.40 bits per heavy atom. The molecule has 0 spiro atoms. The average Bonchev–Trinajstić information content (AvgIpc) is 2.59. The SMILES string of the molecule is Cc1ccc(Oc2ncnc(Nc3ccc(Br)cc3)c2[N+](=O)[O-])cc1. The maximum Gasteiger partial charge on any atom is 0.373 e. The van der Waals surface area contributed by atoms with E-state index < -0.39 is 4.92 Å². The van der Waals surface area contributed by atoms with Crippen LogP contribution in [0, 0.1) is 17.0 Å². The first kappa shape index (κ1) is 16.8. The minimum atomic E-state index is -0.565. The first-order valence-corrected chi connectivity index (χ1v) is 8.09. The fourth-order valence-electron chi connectivity index (χ4n) is 2.08. The molecule has 0 bridgehead atoms. The Bertz CT molecular complexity index is 833. The molecule has 0 aliphatic carbocycles. The molecule has 7 nitrogen and oxygen atoms in total. The van der Waals surface area contributed by atoms with Gasteiger partial charge in [-0.15, -0.1) is 0 Å². The van der Waals surface area contributed by atoms with Crippen molar-refractivity contribution < 1.29 is 9.66 Å². The first-order valence-electron chi connectivity index (χ1n) is 7.29. The second kappa shape index (κ2) is 7.27. The van der Waals surface area contributed by atoms with Crippen LogP contribution in [0.1, 0.15) is 5.56 Å². The molecule has 0 amide bonds. The molecule has 8 heteroatoms. The third kappa shape index (κ3) is 4.10. The van der Waals surface area contributed by atoms with Gasteiger partial charge in [-0.1, -0.05) is 33.6 Å². The Labute approximate surface area is 152 Å². The van der Waals surface area contributed by atoms with E-state index >= 15 is 0 Å². The van der Waals surface area contributed by atoms with Gasteiger partial charge >= 0.3 is 11.6 Å². The van der Waals surface area contributed by atoms with Gasteiger partial charge in [0.15, 0.2) is 0 Å². The molecule has 25 heavy (non-hydrogen) atoms. The lowest BCUT2D eigenvalue weighted by Gasteiger charge is -2.09. The van der Waals surface area contributed by atoms with Crippen LogP contribution < -0.4 is 10.1 Å². The van der Waals surface area contributed by atoms with Crippen LogP contribution in [-0.4, -0.2) is 14.9 Å². The van der Waals surface area contributed by atoms with Crippen LogP contribution in [0.5, 0.6) is 11.6 Å². The third-order valence-electron chi connectivity index (χ3n) is 3.31. The van der Waals surface area contributed by atoms with Crippen molar-refractivity contribution in [2.24, 2.45) is 0 Å². The summed E-state index contributed by atoms with van der Waals surface area (Å²) in [6.45, 7) is 1.94. The van der Waals surface area contributed by atoms with Crippen molar-refractivity contribution in [1.29, 1.82) is 0 Å². The minimum absolute atomic E-state index is 0.0597. The minimum Gasteiger partial charge on any atom is -0.434 e. The summed E-state index contributed by atoms with van der Waals surface area (Å²) in [6, 6.07) is 14.3. The number of nitrogens with zero attached hydrogens (tertiary/aromatic N) is 3. The Morgan fingerprint density at radius 2 is 1.76 bits per heavy atom. The summed E-state index contributed by atoms with van der Waals surface area (Å²) >= 11 is 3.34. The molecular formula is C17H13BrN4O3. The van der Waals surface area contributed by atoms with Crippen molar-refractivity contribution in [2.75, 3.05) is 5.32 Å². The monoisotopic (exact) mass is 400 g/mol. The second-order valence-electron chi connectivity index (χ2n) is 5.18. The number of aromatic nitrogens is 2. The lowest BCUT2D eigenvalue weighted by atomic mass is 10.2.